The van der Waals surface area contributed by atoms with Crippen molar-refractivity contribution in [2.45, 2.75) is 19.2 Å². The Bertz CT molecular complexity index is 905. The van der Waals surface area contributed by atoms with Crippen molar-refractivity contribution < 1.29 is 67.0 Å². The number of aromatic nitrogens is 2. The van der Waals surface area contributed by atoms with Gasteiger partial charge in [0.05, 0.1) is 10.9 Å². The molecule has 146 valence electrons. The van der Waals surface area contributed by atoms with E-state index in [1.165, 1.54) is 0 Å². The second-order valence-electron chi connectivity index (χ2n) is 5.16. The van der Waals surface area contributed by atoms with Gasteiger partial charge in [-0.3, -0.25) is 14.8 Å². The van der Waals surface area contributed by atoms with Crippen molar-refractivity contribution in [3.05, 3.63) is 39.0 Å². The maximum Gasteiger partial charge on any atom is 1.00 e. The van der Waals surface area contributed by atoms with Gasteiger partial charge in [0.25, 0.3) is 5.88 Å². The summed E-state index contributed by atoms with van der Waals surface area (Å²) in [7, 11) is 1.01. The fourth-order valence-electron chi connectivity index (χ4n) is 2.00. The van der Waals surface area contributed by atoms with E-state index in [9.17, 15) is 33.2 Å². The van der Waals surface area contributed by atoms with Crippen molar-refractivity contribution in [2.24, 2.45) is 7.05 Å². The van der Waals surface area contributed by atoms with E-state index in [-0.39, 0.29) is 35.3 Å². The number of carboxylic acid groups (broad SMARTS) is 1. The molecule has 0 saturated carbocycles. The van der Waals surface area contributed by atoms with Crippen molar-refractivity contribution >= 4 is 23.3 Å². The number of rotatable bonds is 6. The molecule has 0 aliphatic rings. The van der Waals surface area contributed by atoms with Crippen LogP contribution in [0.15, 0.2) is 18.2 Å². The second-order valence-corrected chi connectivity index (χ2v) is 5.53. The molecule has 28 heavy (non-hydrogen) atoms. The van der Waals surface area contributed by atoms with Gasteiger partial charge in [-0.05, 0) is 13.0 Å². The number of alkyl halides is 3. The monoisotopic (exact) mass is 431 g/mol. The number of hydrogen-bond donors (Lipinski definition) is 0. The van der Waals surface area contributed by atoms with E-state index >= 15 is 0 Å². The molecule has 0 saturated heterocycles. The molecule has 1 heterocycles. The number of nitro groups is 1. The van der Waals surface area contributed by atoms with Crippen LogP contribution in [-0.2, 0) is 18.0 Å². The quantitative estimate of drug-likeness (QED) is 0.337. The van der Waals surface area contributed by atoms with Gasteiger partial charge in [-0.2, -0.15) is 13.2 Å². The number of carbonyl (C=O) groups is 1. The average Bonchev–Trinajstić information content (AvgIpc) is 2.80. The van der Waals surface area contributed by atoms with Crippen LogP contribution in [-0.4, -0.2) is 26.8 Å². The summed E-state index contributed by atoms with van der Waals surface area (Å²) in [4.78, 5) is 20.9. The number of nitro benzene ring substituents is 1. The van der Waals surface area contributed by atoms with Crippen LogP contribution < -0.4 is 44.1 Å². The third kappa shape index (κ3) is 5.28. The number of carboxylic acids is 1. The number of ether oxygens (including phenoxy) is 2. The van der Waals surface area contributed by atoms with Crippen LogP contribution in [0.5, 0.6) is 17.4 Å². The summed E-state index contributed by atoms with van der Waals surface area (Å²) < 4.78 is 49.4. The molecule has 0 bridgehead atoms. The van der Waals surface area contributed by atoms with Crippen molar-refractivity contribution in [1.82, 2.24) is 9.78 Å². The Morgan fingerprint density at radius 2 is 2.00 bits per heavy atom. The van der Waals surface area contributed by atoms with Crippen LogP contribution in [0.1, 0.15) is 12.6 Å². The number of aryl methyl sites for hydroxylation is 1. The van der Waals surface area contributed by atoms with Crippen LogP contribution in [0, 0.1) is 10.1 Å². The van der Waals surface area contributed by atoms with E-state index in [2.05, 4.69) is 5.10 Å². The molecule has 1 aromatic carbocycles. The topological polar surface area (TPSA) is 120 Å². The van der Waals surface area contributed by atoms with Crippen molar-refractivity contribution in [3.8, 4) is 17.4 Å². The average molecular weight is 432 g/mol. The van der Waals surface area contributed by atoms with E-state index in [0.717, 1.165) is 32.2 Å². The minimum atomic E-state index is -4.78. The Hall–Kier alpha value is -2.02. The normalized spacial score (nSPS) is 12.1. The summed E-state index contributed by atoms with van der Waals surface area (Å²) in [6.07, 6.45) is -6.32. The van der Waals surface area contributed by atoms with Gasteiger partial charge in [0, 0.05) is 19.2 Å². The summed E-state index contributed by atoms with van der Waals surface area (Å²) in [6, 6.07) is 2.91. The van der Waals surface area contributed by atoms with Crippen LogP contribution in [0.2, 0.25) is 5.02 Å². The molecule has 0 aliphatic carbocycles. The van der Waals surface area contributed by atoms with Gasteiger partial charge in [0.15, 0.2) is 5.69 Å². The van der Waals surface area contributed by atoms with E-state index < -0.39 is 51.2 Å². The Balaban J connectivity index is 0.00000392. The van der Waals surface area contributed by atoms with Gasteiger partial charge in [-0.15, -0.1) is 5.10 Å². The number of halogens is 4. The molecule has 0 fully saturated rings. The van der Waals surface area contributed by atoms with Crippen molar-refractivity contribution in [2.75, 3.05) is 0 Å². The molecule has 9 nitrogen and oxygen atoms in total. The number of aliphatic carboxylic acids is 1. The zero-order valence-electron chi connectivity index (χ0n) is 14.6. The number of hydrogen-bond acceptors (Lipinski definition) is 7. The van der Waals surface area contributed by atoms with Gasteiger partial charge < -0.3 is 19.4 Å². The molecule has 2 aromatic rings. The molecule has 0 N–H and O–H groups in total. The summed E-state index contributed by atoms with van der Waals surface area (Å²) in [5, 5.41) is 24.5. The molecule has 1 unspecified atom stereocenters. The third-order valence-corrected chi connectivity index (χ3v) is 3.55. The zero-order valence-corrected chi connectivity index (χ0v) is 17.4. The predicted octanol–water partition coefficient (Wildman–Crippen LogP) is -0.686. The van der Waals surface area contributed by atoms with E-state index in [1.54, 1.807) is 0 Å². The first-order valence-electron chi connectivity index (χ1n) is 7.05. The molecule has 0 amide bonds. The molecule has 1 atom stereocenters. The number of benzene rings is 1. The standard InChI is InChI=1S/C14H11ClF3N3O6.Na/c1-6(13(22)23)26-9-5-7(3-4-8(9)21(24)25)27-12-10(15)11(14(16,17)18)20(2)19-12;/h3-6H,1-2H3,(H,22,23);/q;+1/p-1. The smallest absolute Gasteiger partial charge is 0.546 e. The van der Waals surface area contributed by atoms with Crippen molar-refractivity contribution in [3.63, 3.8) is 0 Å². The SMILES string of the molecule is CC(Oc1cc(Oc2nn(C)c(C(F)(F)F)c2Cl)ccc1[N+](=O)[O-])C(=O)[O-].[Na+]. The molecule has 0 aliphatic heterocycles. The Kier molecular flexibility index (Phi) is 7.71. The van der Waals surface area contributed by atoms with Crippen LogP contribution in [0.3, 0.4) is 0 Å². The summed E-state index contributed by atoms with van der Waals surface area (Å²) in [5.41, 5.74) is -1.83. The molecule has 1 aromatic heterocycles. The summed E-state index contributed by atoms with van der Waals surface area (Å²) in [6.45, 7) is 1.08. The first-order valence-corrected chi connectivity index (χ1v) is 7.43. The van der Waals surface area contributed by atoms with Gasteiger partial charge in [-0.25, -0.2) is 0 Å². The predicted molar refractivity (Wildman–Crippen MR) is 81.5 cm³/mol. The summed E-state index contributed by atoms with van der Waals surface area (Å²) in [5.74, 6) is -2.93. The molecule has 0 spiro atoms. The molecule has 14 heteroatoms. The van der Waals surface area contributed by atoms with Crippen LogP contribution in [0.4, 0.5) is 18.9 Å². The Morgan fingerprint density at radius 3 is 2.46 bits per heavy atom. The van der Waals surface area contributed by atoms with Crippen molar-refractivity contribution in [1.29, 1.82) is 0 Å². The molecular formula is C14H10ClF3N3NaO6. The second kappa shape index (κ2) is 8.99. The van der Waals surface area contributed by atoms with E-state index in [1.807, 2.05) is 0 Å². The molecular weight excluding hydrogens is 422 g/mol. The minimum absolute atomic E-state index is 0. The Labute approximate surface area is 182 Å². The summed E-state index contributed by atoms with van der Waals surface area (Å²) >= 11 is 5.66. The van der Waals surface area contributed by atoms with Gasteiger partial charge in [0.2, 0.25) is 5.75 Å². The largest absolute Gasteiger partial charge is 1.00 e. The maximum absolute atomic E-state index is 12.9. The van der Waals surface area contributed by atoms with Crippen LogP contribution >= 0.6 is 11.6 Å². The zero-order chi connectivity index (χ0) is 20.5. The number of nitrogens with zero attached hydrogens (tertiary/aromatic N) is 3. The van der Waals surface area contributed by atoms with Gasteiger partial charge >= 0.3 is 41.4 Å². The van der Waals surface area contributed by atoms with Gasteiger partial charge in [0.1, 0.15) is 16.9 Å². The van der Waals surface area contributed by atoms with Crippen LogP contribution in [0.25, 0.3) is 0 Å². The fourth-order valence-corrected chi connectivity index (χ4v) is 2.31. The van der Waals surface area contributed by atoms with Gasteiger partial charge in [-0.1, -0.05) is 11.6 Å². The first kappa shape index (κ1) is 24.0. The third-order valence-electron chi connectivity index (χ3n) is 3.21. The fraction of sp³-hybridized carbons (Fsp3) is 0.286. The van der Waals surface area contributed by atoms with E-state index in [4.69, 9.17) is 21.1 Å². The molecule has 2 rings (SSSR count). The first-order chi connectivity index (χ1) is 12.4. The number of carbonyl (C=O) groups excluding carboxylic acids is 1. The minimum Gasteiger partial charge on any atom is -0.546 e. The van der Waals surface area contributed by atoms with E-state index in [0.29, 0.717) is 4.68 Å². The maximum atomic E-state index is 12.9. The Morgan fingerprint density at radius 1 is 1.39 bits per heavy atom. The molecule has 0 radical (unpaired) electrons.